The van der Waals surface area contributed by atoms with Gasteiger partial charge in [0.25, 0.3) is 0 Å². The van der Waals surface area contributed by atoms with Gasteiger partial charge in [-0.05, 0) is 0 Å². The summed E-state index contributed by atoms with van der Waals surface area (Å²) >= 11 is 0. The summed E-state index contributed by atoms with van der Waals surface area (Å²) in [6, 6.07) is 0. The molecule has 0 aromatic heterocycles. The highest BCUT2D eigenvalue weighted by molar-refractivity contribution is 5.73. The molecule has 1 aliphatic heterocycles. The first-order valence-electron chi connectivity index (χ1n) is 8.50. The molecule has 24 heavy (non-hydrogen) atoms. The predicted molar refractivity (Wildman–Crippen MR) is 89.3 cm³/mol. The number of carbonyl (C=O) groups excluding carboxylic acids is 1. The molecule has 142 valence electrons. The van der Waals surface area contributed by atoms with Crippen molar-refractivity contribution in [1.29, 1.82) is 0 Å². The van der Waals surface area contributed by atoms with Gasteiger partial charge in [0, 0.05) is 39.1 Å². The van der Waals surface area contributed by atoms with E-state index in [0.717, 1.165) is 32.7 Å². The topological polar surface area (TPSA) is 113 Å². The lowest BCUT2D eigenvalue weighted by atomic mass is 10.3. The molecular weight excluding hydrogens is 316 g/mol. The third-order valence-electron chi connectivity index (χ3n) is 3.57. The van der Waals surface area contributed by atoms with Crippen molar-refractivity contribution in [2.75, 3.05) is 85.6 Å². The zero-order chi connectivity index (χ0) is 17.5. The lowest BCUT2D eigenvalue weighted by Crippen LogP contribution is -2.50. The van der Waals surface area contributed by atoms with E-state index in [1.165, 1.54) is 0 Å². The first-order chi connectivity index (χ1) is 11.7. The number of hydrogen-bond acceptors (Lipinski definition) is 8. The lowest BCUT2D eigenvalue weighted by Gasteiger charge is -2.31. The van der Waals surface area contributed by atoms with Gasteiger partial charge in [0.1, 0.15) is 0 Å². The Labute approximate surface area is 144 Å². The van der Waals surface area contributed by atoms with Gasteiger partial charge in [0.2, 0.25) is 5.91 Å². The fraction of sp³-hybridized carbons (Fsp3) is 0.933. The monoisotopic (exact) mass is 348 g/mol. The first kappa shape index (κ1) is 21.2. The number of primary amides is 1. The van der Waals surface area contributed by atoms with Crippen molar-refractivity contribution in [3.63, 3.8) is 0 Å². The molecule has 1 saturated heterocycles. The number of rotatable bonds is 15. The summed E-state index contributed by atoms with van der Waals surface area (Å²) in [5.41, 5.74) is 4.99. The van der Waals surface area contributed by atoms with Gasteiger partial charge in [-0.25, -0.2) is 5.01 Å². The van der Waals surface area contributed by atoms with E-state index in [4.69, 9.17) is 30.5 Å². The van der Waals surface area contributed by atoms with Crippen LogP contribution in [-0.2, 0) is 23.7 Å². The molecule has 1 fully saturated rings. The van der Waals surface area contributed by atoms with E-state index < -0.39 is 0 Å². The van der Waals surface area contributed by atoms with E-state index in [1.807, 2.05) is 5.01 Å². The molecule has 0 aromatic carbocycles. The maximum absolute atomic E-state index is 10.5. The smallest absolute Gasteiger partial charge is 0.219 e. The van der Waals surface area contributed by atoms with E-state index in [1.54, 1.807) is 0 Å². The van der Waals surface area contributed by atoms with Gasteiger partial charge in [0.15, 0.2) is 0 Å². The van der Waals surface area contributed by atoms with Gasteiger partial charge in [-0.15, -0.1) is 0 Å². The highest BCUT2D eigenvalue weighted by atomic mass is 16.6. The van der Waals surface area contributed by atoms with Gasteiger partial charge in [-0.2, -0.15) is 0 Å². The Bertz CT molecular complexity index is 314. The molecular formula is C15H32N4O5. The molecule has 0 spiro atoms. The van der Waals surface area contributed by atoms with Crippen molar-refractivity contribution in [2.45, 2.75) is 6.42 Å². The number of nitrogens with zero attached hydrogens (tertiary/aromatic N) is 2. The number of hydrazine groups is 1. The van der Waals surface area contributed by atoms with E-state index in [0.29, 0.717) is 52.9 Å². The maximum Gasteiger partial charge on any atom is 0.219 e. The van der Waals surface area contributed by atoms with E-state index >= 15 is 0 Å². The zero-order valence-corrected chi connectivity index (χ0v) is 14.5. The Hall–Kier alpha value is -0.810. The molecule has 1 aliphatic rings. The minimum Gasteiger partial charge on any atom is -0.379 e. The number of hydrogen-bond donors (Lipinski definition) is 2. The Balaban J connectivity index is 1.71. The van der Waals surface area contributed by atoms with Crippen LogP contribution in [0.15, 0.2) is 0 Å². The molecule has 1 rings (SSSR count). The quantitative estimate of drug-likeness (QED) is 0.269. The fourth-order valence-electron chi connectivity index (χ4n) is 2.12. The van der Waals surface area contributed by atoms with Crippen LogP contribution in [0.2, 0.25) is 0 Å². The first-order valence-corrected chi connectivity index (χ1v) is 8.50. The van der Waals surface area contributed by atoms with Crippen molar-refractivity contribution in [2.24, 2.45) is 11.6 Å². The highest BCUT2D eigenvalue weighted by Gasteiger charge is 2.13. The Morgan fingerprint density at radius 2 is 1.21 bits per heavy atom. The number of amides is 1. The average Bonchev–Trinajstić information content (AvgIpc) is 2.56. The molecule has 4 N–H and O–H groups in total. The van der Waals surface area contributed by atoms with Crippen LogP contribution in [0, 0.1) is 0 Å². The Kier molecular flexibility index (Phi) is 12.9. The van der Waals surface area contributed by atoms with Crippen molar-refractivity contribution < 1.29 is 23.7 Å². The minimum atomic E-state index is -0.357. The van der Waals surface area contributed by atoms with Crippen LogP contribution in [0.1, 0.15) is 6.42 Å². The molecule has 0 aromatic rings. The summed E-state index contributed by atoms with van der Waals surface area (Å²) in [4.78, 5) is 12.8. The standard InChI is InChI=1S/C15H32N4O5/c16-15(20)1-7-21-9-11-23-13-14-24-12-10-22-8-6-18-2-4-19(17)5-3-18/h1-14,17H2,(H2,16,20). The third-order valence-corrected chi connectivity index (χ3v) is 3.57. The number of carbonyl (C=O) groups is 1. The Morgan fingerprint density at radius 1 is 0.750 bits per heavy atom. The molecule has 0 saturated carbocycles. The SMILES string of the molecule is NC(=O)CCOCCOCCOCCOCCN1CCN(N)CC1. The summed E-state index contributed by atoms with van der Waals surface area (Å²) in [7, 11) is 0. The molecule has 0 radical (unpaired) electrons. The zero-order valence-electron chi connectivity index (χ0n) is 14.5. The molecule has 0 bridgehead atoms. The summed E-state index contributed by atoms with van der Waals surface area (Å²) in [6.07, 6.45) is 0.242. The van der Waals surface area contributed by atoms with Gasteiger partial charge in [-0.1, -0.05) is 0 Å². The van der Waals surface area contributed by atoms with Gasteiger partial charge < -0.3 is 24.7 Å². The minimum absolute atomic E-state index is 0.242. The molecule has 1 heterocycles. The summed E-state index contributed by atoms with van der Waals surface area (Å²) in [5, 5.41) is 1.85. The molecule has 1 amide bonds. The van der Waals surface area contributed by atoms with Crippen LogP contribution < -0.4 is 11.6 Å². The number of piperazine rings is 1. The molecule has 0 atom stereocenters. The lowest BCUT2D eigenvalue weighted by molar-refractivity contribution is -0.119. The van der Waals surface area contributed by atoms with Crippen LogP contribution in [0.5, 0.6) is 0 Å². The van der Waals surface area contributed by atoms with Crippen molar-refractivity contribution in [3.8, 4) is 0 Å². The normalized spacial score (nSPS) is 16.5. The molecule has 0 unspecified atom stereocenters. The second-order valence-electron chi connectivity index (χ2n) is 5.54. The van der Waals surface area contributed by atoms with Gasteiger partial charge in [-0.3, -0.25) is 15.5 Å². The average molecular weight is 348 g/mol. The largest absolute Gasteiger partial charge is 0.379 e. The maximum atomic E-state index is 10.5. The van der Waals surface area contributed by atoms with Crippen LogP contribution in [-0.4, -0.2) is 101 Å². The number of ether oxygens (including phenoxy) is 4. The van der Waals surface area contributed by atoms with E-state index in [9.17, 15) is 4.79 Å². The predicted octanol–water partition coefficient (Wildman–Crippen LogP) is -1.58. The Morgan fingerprint density at radius 3 is 1.71 bits per heavy atom. The van der Waals surface area contributed by atoms with Crippen molar-refractivity contribution in [3.05, 3.63) is 0 Å². The fourth-order valence-corrected chi connectivity index (χ4v) is 2.12. The molecule has 9 heteroatoms. The van der Waals surface area contributed by atoms with Crippen LogP contribution in [0.3, 0.4) is 0 Å². The van der Waals surface area contributed by atoms with Crippen molar-refractivity contribution in [1.82, 2.24) is 9.91 Å². The van der Waals surface area contributed by atoms with E-state index in [-0.39, 0.29) is 12.3 Å². The van der Waals surface area contributed by atoms with Crippen molar-refractivity contribution >= 4 is 5.91 Å². The van der Waals surface area contributed by atoms with Gasteiger partial charge >= 0.3 is 0 Å². The van der Waals surface area contributed by atoms with Crippen LogP contribution >= 0.6 is 0 Å². The second kappa shape index (κ2) is 14.5. The molecule has 0 aliphatic carbocycles. The van der Waals surface area contributed by atoms with Crippen LogP contribution in [0.25, 0.3) is 0 Å². The summed E-state index contributed by atoms with van der Waals surface area (Å²) in [6.45, 7) is 8.96. The highest BCUT2D eigenvalue weighted by Crippen LogP contribution is 1.96. The summed E-state index contributed by atoms with van der Waals surface area (Å²) < 4.78 is 21.5. The third kappa shape index (κ3) is 12.6. The summed E-state index contributed by atoms with van der Waals surface area (Å²) in [5.74, 6) is 5.35. The molecule has 9 nitrogen and oxygen atoms in total. The van der Waals surface area contributed by atoms with Gasteiger partial charge in [0.05, 0.1) is 52.9 Å². The van der Waals surface area contributed by atoms with E-state index in [2.05, 4.69) is 4.90 Å². The van der Waals surface area contributed by atoms with Crippen LogP contribution in [0.4, 0.5) is 0 Å². The second-order valence-corrected chi connectivity index (χ2v) is 5.54. The number of nitrogens with two attached hydrogens (primary N) is 2.